The van der Waals surface area contributed by atoms with E-state index in [2.05, 4.69) is 17.4 Å². The Morgan fingerprint density at radius 2 is 1.66 bits per heavy atom. The van der Waals surface area contributed by atoms with Gasteiger partial charge in [0.2, 0.25) is 5.91 Å². The van der Waals surface area contributed by atoms with Crippen LogP contribution in [0.3, 0.4) is 0 Å². The van der Waals surface area contributed by atoms with Gasteiger partial charge in [-0.25, -0.2) is 0 Å². The number of carbonyl (C=O) groups is 2. The number of halogens is 3. The van der Waals surface area contributed by atoms with Crippen LogP contribution >= 0.6 is 0 Å². The summed E-state index contributed by atoms with van der Waals surface area (Å²) < 4.78 is 38.2. The Morgan fingerprint density at radius 1 is 1.00 bits per heavy atom. The predicted molar refractivity (Wildman–Crippen MR) is 115 cm³/mol. The van der Waals surface area contributed by atoms with Gasteiger partial charge in [-0.3, -0.25) is 9.59 Å². The van der Waals surface area contributed by atoms with Crippen molar-refractivity contribution in [1.29, 1.82) is 0 Å². The minimum atomic E-state index is -4.41. The smallest absolute Gasteiger partial charge is 0.356 e. The average Bonchev–Trinajstić information content (AvgIpc) is 3.50. The van der Waals surface area contributed by atoms with Crippen LogP contribution in [0.4, 0.5) is 13.2 Å². The van der Waals surface area contributed by atoms with E-state index in [1.54, 1.807) is 4.90 Å². The van der Waals surface area contributed by atoms with E-state index in [9.17, 15) is 22.8 Å². The Hall–Kier alpha value is -2.83. The highest BCUT2D eigenvalue weighted by atomic mass is 19.4. The third kappa shape index (κ3) is 4.97. The van der Waals surface area contributed by atoms with Gasteiger partial charge >= 0.3 is 6.18 Å². The summed E-state index contributed by atoms with van der Waals surface area (Å²) in [7, 11) is 0. The fourth-order valence-electron chi connectivity index (χ4n) is 4.68. The number of nitrogens with zero attached hydrogens (tertiary/aromatic N) is 1. The van der Waals surface area contributed by atoms with Crippen LogP contribution in [0.25, 0.3) is 0 Å². The summed E-state index contributed by atoms with van der Waals surface area (Å²) in [5.41, 5.74) is 0.731. The molecule has 1 spiro atoms. The third-order valence-electron chi connectivity index (χ3n) is 6.80. The Labute approximate surface area is 185 Å². The monoisotopic (exact) mass is 444 g/mol. The number of likely N-dealkylation sites (tertiary alicyclic amines) is 1. The lowest BCUT2D eigenvalue weighted by atomic mass is 9.90. The lowest BCUT2D eigenvalue weighted by Crippen LogP contribution is -2.40. The number of amides is 2. The maximum atomic E-state index is 12.7. The Kier molecular flexibility index (Phi) is 6.26. The van der Waals surface area contributed by atoms with Gasteiger partial charge in [-0.1, -0.05) is 30.3 Å². The summed E-state index contributed by atoms with van der Waals surface area (Å²) in [6, 6.07) is 14.5. The van der Waals surface area contributed by atoms with Crippen molar-refractivity contribution < 1.29 is 22.8 Å². The molecule has 1 saturated heterocycles. The molecule has 2 aromatic rings. The van der Waals surface area contributed by atoms with Crippen LogP contribution in [0.1, 0.15) is 47.2 Å². The van der Waals surface area contributed by atoms with E-state index in [0.29, 0.717) is 19.6 Å². The highest BCUT2D eigenvalue weighted by molar-refractivity contribution is 5.94. The molecule has 2 aromatic carbocycles. The molecule has 1 atom stereocenters. The Bertz CT molecular complexity index is 949. The van der Waals surface area contributed by atoms with Gasteiger partial charge in [0.05, 0.1) is 5.56 Å². The molecule has 32 heavy (non-hydrogen) atoms. The first kappa shape index (κ1) is 22.4. The Balaban J connectivity index is 1.21. The van der Waals surface area contributed by atoms with Gasteiger partial charge in [-0.05, 0) is 67.3 Å². The third-order valence-corrected chi connectivity index (χ3v) is 6.80. The summed E-state index contributed by atoms with van der Waals surface area (Å²) in [4.78, 5) is 26.9. The molecule has 2 aliphatic rings. The van der Waals surface area contributed by atoms with Gasteiger partial charge in [0.1, 0.15) is 0 Å². The van der Waals surface area contributed by atoms with E-state index in [-0.39, 0.29) is 28.7 Å². The van der Waals surface area contributed by atoms with Crippen LogP contribution in [-0.2, 0) is 17.4 Å². The van der Waals surface area contributed by atoms with E-state index in [4.69, 9.17) is 0 Å². The first-order chi connectivity index (χ1) is 15.3. The Morgan fingerprint density at radius 3 is 2.28 bits per heavy atom. The largest absolute Gasteiger partial charge is 0.416 e. The molecule has 1 aliphatic carbocycles. The number of aryl methyl sites for hydroxylation is 1. The second kappa shape index (κ2) is 8.96. The van der Waals surface area contributed by atoms with Crippen LogP contribution in [0.2, 0.25) is 0 Å². The van der Waals surface area contributed by atoms with Crippen molar-refractivity contribution in [3.05, 3.63) is 71.3 Å². The summed E-state index contributed by atoms with van der Waals surface area (Å²) in [6.45, 7) is 1.70. The van der Waals surface area contributed by atoms with E-state index in [0.717, 1.165) is 44.2 Å². The molecular formula is C25H27F3N2O2. The summed E-state index contributed by atoms with van der Waals surface area (Å²) in [5, 5.41) is 3.05. The van der Waals surface area contributed by atoms with E-state index in [1.807, 2.05) is 18.2 Å². The second-order valence-corrected chi connectivity index (χ2v) is 8.87. The molecule has 2 amide bonds. The zero-order chi connectivity index (χ0) is 22.8. The number of carbonyl (C=O) groups excluding carboxylic acids is 2. The first-order valence-electron chi connectivity index (χ1n) is 11.1. The molecule has 0 aromatic heterocycles. The molecule has 0 bridgehead atoms. The first-order valence-corrected chi connectivity index (χ1v) is 11.1. The summed E-state index contributed by atoms with van der Waals surface area (Å²) in [5.74, 6) is -0.153. The standard InChI is InChI=1S/C25H27F3N2O2/c26-25(27,28)20-10-8-19(9-11-20)23(32)30-15-12-24(13-16-30)17-21(24)22(31)29-14-4-7-18-5-2-1-3-6-18/h1-3,5-6,8-11,21H,4,7,12-17H2,(H,29,31). The predicted octanol–water partition coefficient (Wildman–Crippen LogP) is 4.70. The maximum Gasteiger partial charge on any atom is 0.416 e. The zero-order valence-electron chi connectivity index (χ0n) is 17.8. The van der Waals surface area contributed by atoms with Gasteiger partial charge in [-0.15, -0.1) is 0 Å². The lowest BCUT2D eigenvalue weighted by molar-refractivity contribution is -0.137. The SMILES string of the molecule is O=C(NCCCc1ccccc1)C1CC12CCN(C(=O)c1ccc(C(F)(F)F)cc1)CC2. The molecule has 4 rings (SSSR count). The molecule has 1 saturated carbocycles. The van der Waals surface area contributed by atoms with Crippen LogP contribution < -0.4 is 5.32 Å². The van der Waals surface area contributed by atoms with Crippen molar-refractivity contribution in [2.45, 2.75) is 38.3 Å². The van der Waals surface area contributed by atoms with Crippen LogP contribution in [0.15, 0.2) is 54.6 Å². The van der Waals surface area contributed by atoms with Crippen LogP contribution in [0, 0.1) is 11.3 Å². The minimum Gasteiger partial charge on any atom is -0.356 e. The molecule has 1 heterocycles. The quantitative estimate of drug-likeness (QED) is 0.657. The molecule has 1 unspecified atom stereocenters. The van der Waals surface area contributed by atoms with Gasteiger partial charge in [0, 0.05) is 31.1 Å². The van der Waals surface area contributed by atoms with Crippen LogP contribution in [0.5, 0.6) is 0 Å². The number of hydrogen-bond donors (Lipinski definition) is 1. The number of nitrogens with one attached hydrogen (secondary N) is 1. The van der Waals surface area contributed by atoms with E-state index in [1.165, 1.54) is 17.7 Å². The zero-order valence-corrected chi connectivity index (χ0v) is 17.8. The molecule has 7 heteroatoms. The minimum absolute atomic E-state index is 0.00236. The molecular weight excluding hydrogens is 417 g/mol. The fraction of sp³-hybridized carbons (Fsp3) is 0.440. The number of benzene rings is 2. The van der Waals surface area contributed by atoms with Crippen molar-refractivity contribution in [3.63, 3.8) is 0 Å². The number of piperidine rings is 1. The van der Waals surface area contributed by atoms with Gasteiger partial charge in [0.15, 0.2) is 0 Å². The topological polar surface area (TPSA) is 49.4 Å². The number of rotatable bonds is 6. The average molecular weight is 444 g/mol. The summed E-state index contributed by atoms with van der Waals surface area (Å²) >= 11 is 0. The number of alkyl halides is 3. The highest BCUT2D eigenvalue weighted by Gasteiger charge is 2.58. The van der Waals surface area contributed by atoms with Crippen molar-refractivity contribution >= 4 is 11.8 Å². The molecule has 1 aliphatic heterocycles. The van der Waals surface area contributed by atoms with Gasteiger partial charge in [0.25, 0.3) is 5.91 Å². The van der Waals surface area contributed by atoms with E-state index >= 15 is 0 Å². The van der Waals surface area contributed by atoms with Crippen molar-refractivity contribution in [1.82, 2.24) is 10.2 Å². The fourth-order valence-corrected chi connectivity index (χ4v) is 4.68. The highest BCUT2D eigenvalue weighted by Crippen LogP contribution is 2.59. The lowest BCUT2D eigenvalue weighted by Gasteiger charge is -2.33. The van der Waals surface area contributed by atoms with Crippen LogP contribution in [-0.4, -0.2) is 36.3 Å². The summed E-state index contributed by atoms with van der Waals surface area (Å²) in [6.07, 6.45) is -0.242. The van der Waals surface area contributed by atoms with Crippen molar-refractivity contribution in [3.8, 4) is 0 Å². The molecule has 170 valence electrons. The number of hydrogen-bond acceptors (Lipinski definition) is 2. The molecule has 4 nitrogen and oxygen atoms in total. The van der Waals surface area contributed by atoms with Crippen molar-refractivity contribution in [2.75, 3.05) is 19.6 Å². The van der Waals surface area contributed by atoms with Gasteiger partial charge in [-0.2, -0.15) is 13.2 Å². The second-order valence-electron chi connectivity index (χ2n) is 8.87. The molecule has 1 N–H and O–H groups in total. The normalized spacial score (nSPS) is 19.6. The van der Waals surface area contributed by atoms with Crippen molar-refractivity contribution in [2.24, 2.45) is 11.3 Å². The maximum absolute atomic E-state index is 12.7. The molecule has 0 radical (unpaired) electrons. The van der Waals surface area contributed by atoms with Gasteiger partial charge < -0.3 is 10.2 Å². The van der Waals surface area contributed by atoms with E-state index < -0.39 is 11.7 Å². The molecule has 2 fully saturated rings.